The second kappa shape index (κ2) is 4.41. The van der Waals surface area contributed by atoms with Gasteiger partial charge in [0.1, 0.15) is 0 Å². The van der Waals surface area contributed by atoms with Crippen molar-refractivity contribution in [1.82, 2.24) is 10.3 Å². The Morgan fingerprint density at radius 1 is 1.70 bits per heavy atom. The average molecular weight is 156 g/mol. The van der Waals surface area contributed by atoms with E-state index in [2.05, 4.69) is 17.2 Å². The first kappa shape index (κ1) is 7.69. The summed E-state index contributed by atoms with van der Waals surface area (Å²) in [6, 6.07) is 0. The van der Waals surface area contributed by atoms with Crippen LogP contribution < -0.4 is 5.32 Å². The lowest BCUT2D eigenvalue weighted by molar-refractivity contribution is 0.714. The lowest BCUT2D eigenvalue weighted by Gasteiger charge is -1.96. The van der Waals surface area contributed by atoms with Crippen LogP contribution >= 0.6 is 11.3 Å². The van der Waals surface area contributed by atoms with Gasteiger partial charge in [0, 0.05) is 24.5 Å². The van der Waals surface area contributed by atoms with E-state index in [0.717, 1.165) is 19.5 Å². The average Bonchev–Trinajstić information content (AvgIpc) is 2.41. The van der Waals surface area contributed by atoms with E-state index in [4.69, 9.17) is 0 Å². The molecule has 1 N–H and O–H groups in total. The van der Waals surface area contributed by atoms with Crippen molar-refractivity contribution in [2.24, 2.45) is 0 Å². The van der Waals surface area contributed by atoms with Crippen molar-refractivity contribution >= 4 is 11.3 Å². The van der Waals surface area contributed by atoms with E-state index in [1.807, 2.05) is 11.6 Å². The zero-order valence-corrected chi connectivity index (χ0v) is 6.95. The van der Waals surface area contributed by atoms with Gasteiger partial charge in [-0.15, -0.1) is 11.3 Å². The molecule has 0 aliphatic heterocycles. The van der Waals surface area contributed by atoms with E-state index in [0.29, 0.717) is 0 Å². The fourth-order valence-electron chi connectivity index (χ4n) is 0.749. The number of nitrogens with one attached hydrogen (secondary N) is 1. The first-order valence-corrected chi connectivity index (χ1v) is 4.40. The number of likely N-dealkylation sites (N-methyl/N-ethyl adjacent to an activating group) is 1. The highest BCUT2D eigenvalue weighted by atomic mass is 32.1. The van der Waals surface area contributed by atoms with Crippen LogP contribution in [-0.4, -0.2) is 18.1 Å². The Kier molecular flexibility index (Phi) is 3.40. The molecular weight excluding hydrogens is 144 g/mol. The highest BCUT2D eigenvalue weighted by Crippen LogP contribution is 2.02. The summed E-state index contributed by atoms with van der Waals surface area (Å²) in [5.74, 6) is 0. The number of hydrogen-bond donors (Lipinski definition) is 1. The summed E-state index contributed by atoms with van der Waals surface area (Å²) in [7, 11) is 0. The van der Waals surface area contributed by atoms with Gasteiger partial charge < -0.3 is 5.32 Å². The van der Waals surface area contributed by atoms with Crippen molar-refractivity contribution in [2.45, 2.75) is 13.3 Å². The monoisotopic (exact) mass is 156 g/mol. The second-order valence-corrected chi connectivity index (χ2v) is 3.01. The van der Waals surface area contributed by atoms with Crippen LogP contribution in [0.3, 0.4) is 0 Å². The molecule has 0 radical (unpaired) electrons. The molecule has 1 aromatic rings. The lowest BCUT2D eigenvalue weighted by atomic mass is 10.4. The SMILES string of the molecule is CCNCCc1nccs1. The molecule has 1 aromatic heterocycles. The van der Waals surface area contributed by atoms with Crippen LogP contribution in [0.5, 0.6) is 0 Å². The summed E-state index contributed by atoms with van der Waals surface area (Å²) in [6.07, 6.45) is 2.91. The van der Waals surface area contributed by atoms with Crippen LogP contribution in [0.15, 0.2) is 11.6 Å². The molecule has 1 heterocycles. The predicted molar refractivity (Wildman–Crippen MR) is 44.4 cm³/mol. The van der Waals surface area contributed by atoms with Crippen molar-refractivity contribution in [1.29, 1.82) is 0 Å². The number of rotatable bonds is 4. The molecular formula is C7H12N2S. The Balaban J connectivity index is 2.15. The summed E-state index contributed by atoms with van der Waals surface area (Å²) in [6.45, 7) is 4.21. The quantitative estimate of drug-likeness (QED) is 0.665. The summed E-state index contributed by atoms with van der Waals surface area (Å²) in [4.78, 5) is 4.17. The zero-order valence-electron chi connectivity index (χ0n) is 6.13. The first-order valence-electron chi connectivity index (χ1n) is 3.52. The van der Waals surface area contributed by atoms with Crippen LogP contribution in [0.1, 0.15) is 11.9 Å². The third kappa shape index (κ3) is 2.45. The maximum Gasteiger partial charge on any atom is 0.0937 e. The van der Waals surface area contributed by atoms with Crippen molar-refractivity contribution in [3.8, 4) is 0 Å². The number of aromatic nitrogens is 1. The Morgan fingerprint density at radius 3 is 3.20 bits per heavy atom. The van der Waals surface area contributed by atoms with Crippen LogP contribution in [0.25, 0.3) is 0 Å². The van der Waals surface area contributed by atoms with Gasteiger partial charge in [0.25, 0.3) is 0 Å². The van der Waals surface area contributed by atoms with E-state index in [9.17, 15) is 0 Å². The molecule has 0 atom stereocenters. The van der Waals surface area contributed by atoms with Gasteiger partial charge in [0.05, 0.1) is 5.01 Å². The molecule has 0 unspecified atom stereocenters. The third-order valence-corrected chi connectivity index (χ3v) is 2.09. The van der Waals surface area contributed by atoms with Gasteiger partial charge >= 0.3 is 0 Å². The molecule has 0 aromatic carbocycles. The summed E-state index contributed by atoms with van der Waals surface area (Å²) in [5.41, 5.74) is 0. The number of nitrogens with zero attached hydrogens (tertiary/aromatic N) is 1. The van der Waals surface area contributed by atoms with Crippen LogP contribution in [-0.2, 0) is 6.42 Å². The predicted octanol–water partition coefficient (Wildman–Crippen LogP) is 1.30. The molecule has 0 saturated carbocycles. The Bertz CT molecular complexity index is 160. The van der Waals surface area contributed by atoms with Gasteiger partial charge in [-0.05, 0) is 6.54 Å². The van der Waals surface area contributed by atoms with E-state index in [-0.39, 0.29) is 0 Å². The molecule has 2 nitrogen and oxygen atoms in total. The minimum Gasteiger partial charge on any atom is -0.317 e. The molecule has 3 heteroatoms. The van der Waals surface area contributed by atoms with Crippen molar-refractivity contribution < 1.29 is 0 Å². The Labute approximate surface area is 65.3 Å². The third-order valence-electron chi connectivity index (χ3n) is 1.25. The number of hydrogen-bond acceptors (Lipinski definition) is 3. The van der Waals surface area contributed by atoms with E-state index < -0.39 is 0 Å². The first-order chi connectivity index (χ1) is 4.93. The van der Waals surface area contributed by atoms with Gasteiger partial charge in [0.2, 0.25) is 0 Å². The largest absolute Gasteiger partial charge is 0.317 e. The van der Waals surface area contributed by atoms with Gasteiger partial charge in [-0.2, -0.15) is 0 Å². The normalized spacial score (nSPS) is 10.1. The fourth-order valence-corrected chi connectivity index (χ4v) is 1.37. The van der Waals surface area contributed by atoms with E-state index >= 15 is 0 Å². The van der Waals surface area contributed by atoms with Gasteiger partial charge in [-0.3, -0.25) is 0 Å². The zero-order chi connectivity index (χ0) is 7.23. The van der Waals surface area contributed by atoms with Gasteiger partial charge in [0.15, 0.2) is 0 Å². The molecule has 0 aliphatic carbocycles. The second-order valence-electron chi connectivity index (χ2n) is 2.03. The van der Waals surface area contributed by atoms with E-state index in [1.165, 1.54) is 5.01 Å². The molecule has 56 valence electrons. The lowest BCUT2D eigenvalue weighted by Crippen LogP contribution is -2.15. The van der Waals surface area contributed by atoms with E-state index in [1.54, 1.807) is 11.3 Å². The van der Waals surface area contributed by atoms with Gasteiger partial charge in [-0.25, -0.2) is 4.98 Å². The fraction of sp³-hybridized carbons (Fsp3) is 0.571. The molecule has 0 amide bonds. The van der Waals surface area contributed by atoms with Crippen molar-refractivity contribution in [3.63, 3.8) is 0 Å². The smallest absolute Gasteiger partial charge is 0.0937 e. The molecule has 0 aliphatic rings. The minimum atomic E-state index is 1.05. The Hall–Kier alpha value is -0.410. The molecule has 1 rings (SSSR count). The highest BCUT2D eigenvalue weighted by molar-refractivity contribution is 7.09. The van der Waals surface area contributed by atoms with Crippen molar-refractivity contribution in [2.75, 3.05) is 13.1 Å². The molecule has 0 saturated heterocycles. The summed E-state index contributed by atoms with van der Waals surface area (Å²) >= 11 is 1.72. The maximum atomic E-state index is 4.17. The molecule has 0 fully saturated rings. The Morgan fingerprint density at radius 2 is 2.60 bits per heavy atom. The molecule has 0 spiro atoms. The standard InChI is InChI=1S/C7H12N2S/c1-2-8-4-3-7-9-5-6-10-7/h5-6,8H,2-4H2,1H3. The summed E-state index contributed by atoms with van der Waals surface area (Å²) < 4.78 is 0. The topological polar surface area (TPSA) is 24.9 Å². The van der Waals surface area contributed by atoms with Crippen LogP contribution in [0.4, 0.5) is 0 Å². The van der Waals surface area contributed by atoms with Crippen LogP contribution in [0, 0.1) is 0 Å². The molecule has 10 heavy (non-hydrogen) atoms. The summed E-state index contributed by atoms with van der Waals surface area (Å²) in [5, 5.41) is 6.49. The maximum absolute atomic E-state index is 4.17. The highest BCUT2D eigenvalue weighted by Gasteiger charge is 1.92. The number of thiazole rings is 1. The van der Waals surface area contributed by atoms with Crippen LogP contribution in [0.2, 0.25) is 0 Å². The molecule has 0 bridgehead atoms. The minimum absolute atomic E-state index is 1.05. The van der Waals surface area contributed by atoms with Gasteiger partial charge in [-0.1, -0.05) is 6.92 Å². The van der Waals surface area contributed by atoms with Crippen molar-refractivity contribution in [3.05, 3.63) is 16.6 Å².